The van der Waals surface area contributed by atoms with E-state index in [1.165, 1.54) is 12.1 Å². The van der Waals surface area contributed by atoms with Crippen molar-refractivity contribution in [2.24, 2.45) is 0 Å². The number of hydrogen-bond donors (Lipinski definition) is 1. The Labute approximate surface area is 129 Å². The Hall–Kier alpha value is -1.46. The molecule has 0 radical (unpaired) electrons. The minimum Gasteiger partial charge on any atom is -0.465 e. The molecule has 0 spiro atoms. The lowest BCUT2D eigenvalue weighted by Crippen LogP contribution is -2.51. The summed E-state index contributed by atoms with van der Waals surface area (Å²) in [5.74, 6) is -0.498. The minimum atomic E-state index is -0.926. The summed E-state index contributed by atoms with van der Waals surface area (Å²) >= 11 is 0. The summed E-state index contributed by atoms with van der Waals surface area (Å²) in [6.45, 7) is 2.49. The number of carbonyl (C=O) groups is 1. The van der Waals surface area contributed by atoms with Crippen LogP contribution in [0.15, 0.2) is 24.3 Å². The molecule has 22 heavy (non-hydrogen) atoms. The second-order valence-corrected chi connectivity index (χ2v) is 6.31. The molecule has 0 saturated carbocycles. The number of nitrogens with zero attached hydrogens (tertiary/aromatic N) is 1. The van der Waals surface area contributed by atoms with Gasteiger partial charge in [0.15, 0.2) is 0 Å². The second kappa shape index (κ2) is 5.97. The molecule has 5 heteroatoms. The fraction of sp³-hybridized carbons (Fsp3) is 0.588. The zero-order chi connectivity index (χ0) is 15.7. The first kappa shape index (κ1) is 15.4. The van der Waals surface area contributed by atoms with Gasteiger partial charge in [-0.3, -0.25) is 9.69 Å². The van der Waals surface area contributed by atoms with Gasteiger partial charge in [-0.1, -0.05) is 12.1 Å². The molecular weight excluding hydrogens is 285 g/mol. The number of rotatable bonds is 4. The van der Waals surface area contributed by atoms with E-state index in [9.17, 15) is 14.3 Å². The van der Waals surface area contributed by atoms with Crippen LogP contribution in [0.4, 0.5) is 4.39 Å². The fourth-order valence-electron chi connectivity index (χ4n) is 3.93. The number of ether oxygens (including phenoxy) is 1. The molecule has 2 aliphatic heterocycles. The van der Waals surface area contributed by atoms with Gasteiger partial charge in [-0.2, -0.15) is 0 Å². The van der Waals surface area contributed by atoms with Crippen molar-refractivity contribution in [2.75, 3.05) is 13.2 Å². The third-order valence-corrected chi connectivity index (χ3v) is 4.92. The van der Waals surface area contributed by atoms with Crippen LogP contribution in [-0.4, -0.2) is 41.2 Å². The summed E-state index contributed by atoms with van der Waals surface area (Å²) < 4.78 is 18.1. The number of halogens is 1. The lowest BCUT2D eigenvalue weighted by molar-refractivity contribution is -0.147. The van der Waals surface area contributed by atoms with Crippen molar-refractivity contribution in [1.29, 1.82) is 0 Å². The largest absolute Gasteiger partial charge is 0.465 e. The monoisotopic (exact) mass is 307 g/mol. The molecule has 2 unspecified atom stereocenters. The van der Waals surface area contributed by atoms with Gasteiger partial charge in [0.05, 0.1) is 18.8 Å². The maximum absolute atomic E-state index is 13.1. The van der Waals surface area contributed by atoms with Crippen molar-refractivity contribution >= 4 is 5.97 Å². The predicted molar refractivity (Wildman–Crippen MR) is 79.7 cm³/mol. The zero-order valence-corrected chi connectivity index (χ0v) is 12.8. The van der Waals surface area contributed by atoms with Crippen LogP contribution in [0.2, 0.25) is 0 Å². The van der Waals surface area contributed by atoms with Gasteiger partial charge in [0.25, 0.3) is 0 Å². The Morgan fingerprint density at radius 1 is 1.32 bits per heavy atom. The average molecular weight is 307 g/mol. The van der Waals surface area contributed by atoms with Gasteiger partial charge in [-0.25, -0.2) is 4.39 Å². The Bertz CT molecular complexity index is 531. The van der Waals surface area contributed by atoms with E-state index in [-0.39, 0.29) is 23.9 Å². The van der Waals surface area contributed by atoms with E-state index in [1.54, 1.807) is 19.1 Å². The molecule has 1 aromatic carbocycles. The van der Waals surface area contributed by atoms with Crippen LogP contribution in [0.1, 0.15) is 38.2 Å². The lowest BCUT2D eigenvalue weighted by atomic mass is 9.80. The molecule has 2 bridgehead atoms. The molecule has 0 amide bonds. The summed E-state index contributed by atoms with van der Waals surface area (Å²) in [5.41, 5.74) is -0.161. The molecular formula is C17H22FNO3. The highest BCUT2D eigenvalue weighted by molar-refractivity contribution is 5.71. The summed E-state index contributed by atoms with van der Waals surface area (Å²) in [6, 6.07) is 6.46. The van der Waals surface area contributed by atoms with Crippen LogP contribution < -0.4 is 0 Å². The van der Waals surface area contributed by atoms with Crippen molar-refractivity contribution in [3.05, 3.63) is 35.6 Å². The van der Waals surface area contributed by atoms with Crippen LogP contribution >= 0.6 is 0 Å². The van der Waals surface area contributed by atoms with E-state index in [0.29, 0.717) is 26.0 Å². The molecule has 0 aromatic heterocycles. The Morgan fingerprint density at radius 3 is 2.45 bits per heavy atom. The van der Waals surface area contributed by atoms with Gasteiger partial charge >= 0.3 is 5.97 Å². The summed E-state index contributed by atoms with van der Waals surface area (Å²) in [7, 11) is 0. The SMILES string of the molecule is CCOC(=O)CN1C2CCC1CC(O)(c1ccc(F)cc1)C2. The van der Waals surface area contributed by atoms with Crippen molar-refractivity contribution in [3.63, 3.8) is 0 Å². The molecule has 2 atom stereocenters. The standard InChI is InChI=1S/C17H22FNO3/c1-2-22-16(20)11-19-14-7-8-15(19)10-17(21,9-14)12-3-5-13(18)6-4-12/h3-6,14-15,21H,2,7-11H2,1H3. The summed E-state index contributed by atoms with van der Waals surface area (Å²) in [5, 5.41) is 11.0. The molecule has 3 rings (SSSR count). The maximum atomic E-state index is 13.1. The van der Waals surface area contributed by atoms with Crippen LogP contribution in [-0.2, 0) is 15.1 Å². The van der Waals surface area contributed by atoms with Gasteiger partial charge < -0.3 is 9.84 Å². The van der Waals surface area contributed by atoms with Crippen LogP contribution in [0, 0.1) is 5.82 Å². The molecule has 4 nitrogen and oxygen atoms in total. The van der Waals surface area contributed by atoms with Crippen molar-refractivity contribution < 1.29 is 19.0 Å². The van der Waals surface area contributed by atoms with E-state index < -0.39 is 5.60 Å². The van der Waals surface area contributed by atoms with E-state index in [1.807, 2.05) is 0 Å². The van der Waals surface area contributed by atoms with Gasteiger partial charge in [-0.15, -0.1) is 0 Å². The molecule has 2 fully saturated rings. The van der Waals surface area contributed by atoms with Crippen molar-refractivity contribution in [2.45, 2.75) is 50.3 Å². The smallest absolute Gasteiger partial charge is 0.320 e. The minimum absolute atomic E-state index is 0.179. The quantitative estimate of drug-likeness (QED) is 0.867. The number of benzene rings is 1. The number of hydrogen-bond acceptors (Lipinski definition) is 4. The summed E-state index contributed by atoms with van der Waals surface area (Å²) in [6.07, 6.45) is 3.12. The molecule has 1 aromatic rings. The second-order valence-electron chi connectivity index (χ2n) is 6.31. The fourth-order valence-corrected chi connectivity index (χ4v) is 3.93. The first-order chi connectivity index (χ1) is 10.5. The maximum Gasteiger partial charge on any atom is 0.320 e. The van der Waals surface area contributed by atoms with E-state index in [2.05, 4.69) is 4.90 Å². The normalized spacial score (nSPS) is 31.2. The third-order valence-electron chi connectivity index (χ3n) is 4.92. The highest BCUT2D eigenvalue weighted by Gasteiger charge is 2.48. The molecule has 120 valence electrons. The molecule has 2 saturated heterocycles. The van der Waals surface area contributed by atoms with E-state index >= 15 is 0 Å². The Kier molecular flexibility index (Phi) is 4.19. The number of aliphatic hydroxyl groups is 1. The van der Waals surface area contributed by atoms with Gasteiger partial charge in [0.1, 0.15) is 5.82 Å². The molecule has 2 aliphatic rings. The number of esters is 1. The first-order valence-electron chi connectivity index (χ1n) is 7.91. The highest BCUT2D eigenvalue weighted by atomic mass is 19.1. The van der Waals surface area contributed by atoms with Crippen molar-refractivity contribution in [3.8, 4) is 0 Å². The molecule has 2 heterocycles. The first-order valence-corrected chi connectivity index (χ1v) is 7.91. The van der Waals surface area contributed by atoms with Crippen LogP contribution in [0.25, 0.3) is 0 Å². The molecule has 0 aliphatic carbocycles. The van der Waals surface area contributed by atoms with Gasteiger partial charge in [0.2, 0.25) is 0 Å². The predicted octanol–water partition coefficient (Wildman–Crippen LogP) is 2.20. The van der Waals surface area contributed by atoms with Crippen LogP contribution in [0.5, 0.6) is 0 Å². The van der Waals surface area contributed by atoms with Gasteiger partial charge in [0, 0.05) is 12.1 Å². The highest BCUT2D eigenvalue weighted by Crippen LogP contribution is 2.45. The molecule has 1 N–H and O–H groups in total. The van der Waals surface area contributed by atoms with Crippen LogP contribution in [0.3, 0.4) is 0 Å². The van der Waals surface area contributed by atoms with E-state index in [0.717, 1.165) is 18.4 Å². The topological polar surface area (TPSA) is 49.8 Å². The zero-order valence-electron chi connectivity index (χ0n) is 12.8. The Morgan fingerprint density at radius 2 is 1.91 bits per heavy atom. The summed E-state index contributed by atoms with van der Waals surface area (Å²) in [4.78, 5) is 13.9. The lowest BCUT2D eigenvalue weighted by Gasteiger charge is -2.43. The van der Waals surface area contributed by atoms with Crippen molar-refractivity contribution in [1.82, 2.24) is 4.90 Å². The number of piperidine rings is 1. The average Bonchev–Trinajstić information content (AvgIpc) is 2.72. The number of fused-ring (bicyclic) bond motifs is 2. The van der Waals surface area contributed by atoms with Gasteiger partial charge in [-0.05, 0) is 50.3 Å². The number of carbonyl (C=O) groups excluding carboxylic acids is 1. The third kappa shape index (κ3) is 2.88. The Balaban J connectivity index is 1.73. The van der Waals surface area contributed by atoms with E-state index in [4.69, 9.17) is 4.74 Å².